The molecule has 2 saturated heterocycles. The average Bonchev–Trinajstić information content (AvgIpc) is 3.12. The van der Waals surface area contributed by atoms with Gasteiger partial charge in [-0.25, -0.2) is 4.39 Å². The summed E-state index contributed by atoms with van der Waals surface area (Å²) in [5, 5.41) is 2.94. The molecule has 0 spiro atoms. The Morgan fingerprint density at radius 1 is 1.13 bits per heavy atom. The summed E-state index contributed by atoms with van der Waals surface area (Å²) in [5.41, 5.74) is 3.80. The number of carbonyl (C=O) groups excluding carboxylic acids is 2. The molecule has 0 radical (unpaired) electrons. The molecule has 2 amide bonds. The molecule has 158 valence electrons. The third-order valence-electron chi connectivity index (χ3n) is 5.73. The Bertz CT molecular complexity index is 972. The van der Waals surface area contributed by atoms with Crippen LogP contribution < -0.4 is 15.1 Å². The predicted octanol–water partition coefficient (Wildman–Crippen LogP) is 3.27. The van der Waals surface area contributed by atoms with E-state index in [4.69, 9.17) is 4.74 Å². The number of nitrogens with zero attached hydrogens (tertiary/aromatic N) is 2. The Morgan fingerprint density at radius 3 is 2.60 bits per heavy atom. The largest absolute Gasteiger partial charge is 0.378 e. The number of carbonyl (C=O) groups is 2. The summed E-state index contributed by atoms with van der Waals surface area (Å²) >= 11 is 0. The molecule has 2 aromatic carbocycles. The molecular weight excluding hydrogens is 385 g/mol. The van der Waals surface area contributed by atoms with E-state index in [2.05, 4.69) is 16.3 Å². The standard InChI is InChI=1S/C23H26FN3O3/c1-15-3-6-21(19(24)11-15)27-14-17(13-22(27)28)23(29)25-20-5-4-18(12-16(20)2)26-7-9-30-10-8-26/h3-6,11-12,17H,7-10,13-14H2,1-2H3,(H,25,29). The van der Waals surface area contributed by atoms with Gasteiger partial charge in [-0.1, -0.05) is 6.07 Å². The lowest BCUT2D eigenvalue weighted by atomic mass is 10.1. The molecule has 0 aromatic heterocycles. The maximum absolute atomic E-state index is 14.3. The van der Waals surface area contributed by atoms with Crippen molar-refractivity contribution in [1.29, 1.82) is 0 Å². The Morgan fingerprint density at radius 2 is 1.90 bits per heavy atom. The van der Waals surface area contributed by atoms with Gasteiger partial charge >= 0.3 is 0 Å². The number of halogens is 1. The van der Waals surface area contributed by atoms with E-state index in [1.165, 1.54) is 11.0 Å². The third kappa shape index (κ3) is 4.16. The van der Waals surface area contributed by atoms with E-state index < -0.39 is 11.7 Å². The number of anilines is 3. The van der Waals surface area contributed by atoms with Gasteiger partial charge < -0.3 is 19.9 Å². The minimum atomic E-state index is -0.517. The molecule has 2 aromatic rings. The lowest BCUT2D eigenvalue weighted by Crippen LogP contribution is -2.36. The zero-order chi connectivity index (χ0) is 21.3. The van der Waals surface area contributed by atoms with E-state index in [9.17, 15) is 14.0 Å². The van der Waals surface area contributed by atoms with Crippen LogP contribution in [0.3, 0.4) is 0 Å². The zero-order valence-electron chi connectivity index (χ0n) is 17.3. The van der Waals surface area contributed by atoms with E-state index in [0.29, 0.717) is 13.2 Å². The van der Waals surface area contributed by atoms with Gasteiger partial charge in [0.15, 0.2) is 0 Å². The van der Waals surface area contributed by atoms with Gasteiger partial charge in [0.1, 0.15) is 5.82 Å². The fourth-order valence-electron chi connectivity index (χ4n) is 3.99. The van der Waals surface area contributed by atoms with Crippen LogP contribution in [-0.4, -0.2) is 44.7 Å². The normalized spacial score (nSPS) is 19.3. The van der Waals surface area contributed by atoms with Crippen molar-refractivity contribution in [3.05, 3.63) is 53.3 Å². The highest BCUT2D eigenvalue weighted by Gasteiger charge is 2.36. The van der Waals surface area contributed by atoms with E-state index in [-0.39, 0.29) is 30.5 Å². The third-order valence-corrected chi connectivity index (χ3v) is 5.73. The SMILES string of the molecule is Cc1ccc(N2CC(C(=O)Nc3ccc(N4CCOCC4)cc3C)CC2=O)c(F)c1. The number of amides is 2. The molecule has 2 aliphatic heterocycles. The fraction of sp³-hybridized carbons (Fsp3) is 0.391. The topological polar surface area (TPSA) is 61.9 Å². The number of benzene rings is 2. The molecular formula is C23H26FN3O3. The van der Waals surface area contributed by atoms with Gasteiger partial charge in [-0.2, -0.15) is 0 Å². The lowest BCUT2D eigenvalue weighted by Gasteiger charge is -2.29. The highest BCUT2D eigenvalue weighted by molar-refractivity contribution is 6.03. The quantitative estimate of drug-likeness (QED) is 0.839. The van der Waals surface area contributed by atoms with Crippen molar-refractivity contribution < 1.29 is 18.7 Å². The van der Waals surface area contributed by atoms with Crippen molar-refractivity contribution in [2.45, 2.75) is 20.3 Å². The van der Waals surface area contributed by atoms with Crippen LogP contribution in [0.2, 0.25) is 0 Å². The second kappa shape index (κ2) is 8.44. The number of morpholine rings is 1. The number of nitrogens with one attached hydrogen (secondary N) is 1. The zero-order valence-corrected chi connectivity index (χ0v) is 17.3. The molecule has 2 aliphatic rings. The Hall–Kier alpha value is -2.93. The van der Waals surface area contributed by atoms with Crippen LogP contribution in [0.25, 0.3) is 0 Å². The summed E-state index contributed by atoms with van der Waals surface area (Å²) in [4.78, 5) is 28.9. The molecule has 2 fully saturated rings. The van der Waals surface area contributed by atoms with E-state index in [0.717, 1.165) is 35.6 Å². The van der Waals surface area contributed by atoms with Gasteiger partial charge in [0.25, 0.3) is 0 Å². The first-order chi connectivity index (χ1) is 14.4. The first kappa shape index (κ1) is 20.3. The first-order valence-electron chi connectivity index (χ1n) is 10.2. The predicted molar refractivity (Wildman–Crippen MR) is 114 cm³/mol. The summed E-state index contributed by atoms with van der Waals surface area (Å²) in [7, 11) is 0. The van der Waals surface area contributed by atoms with Crippen LogP contribution in [0.15, 0.2) is 36.4 Å². The average molecular weight is 411 g/mol. The maximum atomic E-state index is 14.3. The molecule has 6 nitrogen and oxygen atoms in total. The van der Waals surface area contributed by atoms with Gasteiger partial charge in [0.05, 0.1) is 24.8 Å². The molecule has 1 atom stereocenters. The van der Waals surface area contributed by atoms with Crippen molar-refractivity contribution in [2.75, 3.05) is 48.0 Å². The highest BCUT2D eigenvalue weighted by Crippen LogP contribution is 2.30. The summed E-state index contributed by atoms with van der Waals surface area (Å²) in [6, 6.07) is 10.7. The van der Waals surface area contributed by atoms with Crippen molar-refractivity contribution >= 4 is 28.9 Å². The Balaban J connectivity index is 1.43. The number of ether oxygens (including phenoxy) is 1. The summed E-state index contributed by atoms with van der Waals surface area (Å²) < 4.78 is 19.7. The molecule has 4 rings (SSSR count). The lowest BCUT2D eigenvalue weighted by molar-refractivity contribution is -0.122. The van der Waals surface area contributed by atoms with Crippen LogP contribution in [0.4, 0.5) is 21.5 Å². The van der Waals surface area contributed by atoms with E-state index in [1.807, 2.05) is 19.1 Å². The van der Waals surface area contributed by atoms with Gasteiger partial charge in [-0.05, 0) is 55.3 Å². The van der Waals surface area contributed by atoms with Crippen molar-refractivity contribution in [1.82, 2.24) is 0 Å². The number of rotatable bonds is 4. The summed E-state index contributed by atoms with van der Waals surface area (Å²) in [5.74, 6) is -1.42. The highest BCUT2D eigenvalue weighted by atomic mass is 19.1. The molecule has 30 heavy (non-hydrogen) atoms. The van der Waals surface area contributed by atoms with Crippen molar-refractivity contribution in [3.8, 4) is 0 Å². The van der Waals surface area contributed by atoms with Gasteiger partial charge in [-0.3, -0.25) is 9.59 Å². The van der Waals surface area contributed by atoms with Crippen LogP contribution in [0, 0.1) is 25.6 Å². The molecule has 0 bridgehead atoms. The first-order valence-corrected chi connectivity index (χ1v) is 10.2. The Kier molecular flexibility index (Phi) is 5.72. The van der Waals surface area contributed by atoms with E-state index in [1.54, 1.807) is 19.1 Å². The Labute approximate surface area is 175 Å². The minimum absolute atomic E-state index is 0.0735. The van der Waals surface area contributed by atoms with Crippen molar-refractivity contribution in [3.63, 3.8) is 0 Å². The molecule has 2 heterocycles. The molecule has 1 unspecified atom stereocenters. The van der Waals surface area contributed by atoms with Crippen LogP contribution >= 0.6 is 0 Å². The maximum Gasteiger partial charge on any atom is 0.229 e. The fourth-order valence-corrected chi connectivity index (χ4v) is 3.99. The van der Waals surface area contributed by atoms with Gasteiger partial charge in [-0.15, -0.1) is 0 Å². The summed E-state index contributed by atoms with van der Waals surface area (Å²) in [6.07, 6.45) is 0.0735. The second-order valence-corrected chi connectivity index (χ2v) is 7.95. The van der Waals surface area contributed by atoms with Gasteiger partial charge in [0.2, 0.25) is 11.8 Å². The molecule has 7 heteroatoms. The van der Waals surface area contributed by atoms with Crippen LogP contribution in [0.5, 0.6) is 0 Å². The second-order valence-electron chi connectivity index (χ2n) is 7.95. The number of hydrogen-bond acceptors (Lipinski definition) is 4. The summed E-state index contributed by atoms with van der Waals surface area (Å²) in [6.45, 7) is 7.04. The molecule has 0 aliphatic carbocycles. The monoisotopic (exact) mass is 411 g/mol. The minimum Gasteiger partial charge on any atom is -0.378 e. The molecule has 0 saturated carbocycles. The van der Waals surface area contributed by atoms with Gasteiger partial charge in [0, 0.05) is 37.4 Å². The molecule has 1 N–H and O–H groups in total. The number of aryl methyl sites for hydroxylation is 2. The van der Waals surface area contributed by atoms with Crippen molar-refractivity contribution in [2.24, 2.45) is 5.92 Å². The van der Waals surface area contributed by atoms with Crippen LogP contribution in [-0.2, 0) is 14.3 Å². The van der Waals surface area contributed by atoms with E-state index >= 15 is 0 Å². The smallest absolute Gasteiger partial charge is 0.229 e. The number of hydrogen-bond donors (Lipinski definition) is 1. The van der Waals surface area contributed by atoms with Crippen LogP contribution in [0.1, 0.15) is 17.5 Å².